The molecular weight excluding hydrogens is 245 g/mol. The van der Waals surface area contributed by atoms with Crippen molar-refractivity contribution in [2.24, 2.45) is 0 Å². The Kier molecular flexibility index (Phi) is 4.47. The van der Waals surface area contributed by atoms with Gasteiger partial charge in [0, 0.05) is 22.6 Å². The Bertz CT molecular complexity index is 351. The summed E-state index contributed by atoms with van der Waals surface area (Å²) < 4.78 is 5.40. The number of rotatable bonds is 3. The highest BCUT2D eigenvalue weighted by atomic mass is 35.5. The third-order valence-corrected chi connectivity index (χ3v) is 3.36. The van der Waals surface area contributed by atoms with Gasteiger partial charge in [0.15, 0.2) is 0 Å². The maximum Gasteiger partial charge on any atom is 0.0620 e. The lowest BCUT2D eigenvalue weighted by Crippen LogP contribution is -2.41. The minimum absolute atomic E-state index is 0.445. The molecule has 1 aromatic carbocycles. The summed E-state index contributed by atoms with van der Waals surface area (Å²) in [6.07, 6.45) is 2.00. The van der Waals surface area contributed by atoms with Crippen LogP contribution < -0.4 is 5.32 Å². The maximum absolute atomic E-state index is 6.11. The number of hydrogen-bond acceptors (Lipinski definition) is 2. The lowest BCUT2D eigenvalue weighted by molar-refractivity contribution is 0.0743. The van der Waals surface area contributed by atoms with E-state index >= 15 is 0 Å². The quantitative estimate of drug-likeness (QED) is 0.902. The zero-order valence-corrected chi connectivity index (χ0v) is 10.5. The SMILES string of the molecule is Clc1ccc(CCC2COCCN2)c(Cl)c1. The van der Waals surface area contributed by atoms with E-state index in [4.69, 9.17) is 27.9 Å². The van der Waals surface area contributed by atoms with Crippen LogP contribution in [-0.4, -0.2) is 25.8 Å². The van der Waals surface area contributed by atoms with Crippen molar-refractivity contribution in [1.82, 2.24) is 5.32 Å². The molecule has 0 spiro atoms. The smallest absolute Gasteiger partial charge is 0.0620 e. The number of nitrogens with one attached hydrogen (secondary N) is 1. The van der Waals surface area contributed by atoms with Gasteiger partial charge in [-0.25, -0.2) is 0 Å². The molecule has 16 heavy (non-hydrogen) atoms. The van der Waals surface area contributed by atoms with Gasteiger partial charge in [-0.1, -0.05) is 29.3 Å². The molecule has 1 N–H and O–H groups in total. The minimum Gasteiger partial charge on any atom is -0.379 e. The van der Waals surface area contributed by atoms with E-state index in [2.05, 4.69) is 5.32 Å². The van der Waals surface area contributed by atoms with E-state index in [1.807, 2.05) is 12.1 Å². The van der Waals surface area contributed by atoms with Gasteiger partial charge < -0.3 is 10.1 Å². The van der Waals surface area contributed by atoms with E-state index in [-0.39, 0.29) is 0 Å². The molecule has 2 rings (SSSR count). The lowest BCUT2D eigenvalue weighted by atomic mass is 10.1. The van der Waals surface area contributed by atoms with Gasteiger partial charge in [-0.05, 0) is 30.5 Å². The van der Waals surface area contributed by atoms with E-state index < -0.39 is 0 Å². The predicted molar refractivity (Wildman–Crippen MR) is 67.4 cm³/mol. The Morgan fingerprint density at radius 3 is 2.94 bits per heavy atom. The van der Waals surface area contributed by atoms with Gasteiger partial charge in [0.2, 0.25) is 0 Å². The molecule has 0 bridgehead atoms. The zero-order valence-electron chi connectivity index (χ0n) is 9.01. The topological polar surface area (TPSA) is 21.3 Å². The molecule has 1 saturated heterocycles. The molecule has 1 aliphatic rings. The third kappa shape index (κ3) is 3.36. The van der Waals surface area contributed by atoms with E-state index in [1.54, 1.807) is 6.07 Å². The van der Waals surface area contributed by atoms with E-state index in [1.165, 1.54) is 0 Å². The Morgan fingerprint density at radius 1 is 1.38 bits per heavy atom. The van der Waals surface area contributed by atoms with Crippen LogP contribution in [0.3, 0.4) is 0 Å². The first-order valence-corrected chi connectivity index (χ1v) is 6.26. The van der Waals surface area contributed by atoms with Crippen LogP contribution >= 0.6 is 23.2 Å². The standard InChI is InChI=1S/C12H15Cl2NO/c13-10-3-1-9(12(14)7-10)2-4-11-8-16-6-5-15-11/h1,3,7,11,15H,2,4-6,8H2. The first-order valence-electron chi connectivity index (χ1n) is 5.51. The minimum atomic E-state index is 0.445. The summed E-state index contributed by atoms with van der Waals surface area (Å²) in [6.45, 7) is 2.56. The molecule has 2 nitrogen and oxygen atoms in total. The number of ether oxygens (including phenoxy) is 1. The van der Waals surface area contributed by atoms with Crippen molar-refractivity contribution in [3.8, 4) is 0 Å². The average molecular weight is 260 g/mol. The third-order valence-electron chi connectivity index (χ3n) is 2.78. The molecule has 0 amide bonds. The highest BCUT2D eigenvalue weighted by Crippen LogP contribution is 2.22. The Hall–Kier alpha value is -0.280. The van der Waals surface area contributed by atoms with Crippen molar-refractivity contribution in [3.63, 3.8) is 0 Å². The van der Waals surface area contributed by atoms with Crippen LogP contribution in [0.1, 0.15) is 12.0 Å². The Balaban J connectivity index is 1.88. The summed E-state index contributed by atoms with van der Waals surface area (Å²) in [5, 5.41) is 4.87. The molecule has 0 aliphatic carbocycles. The van der Waals surface area contributed by atoms with Crippen molar-refractivity contribution < 1.29 is 4.74 Å². The molecule has 1 aliphatic heterocycles. The van der Waals surface area contributed by atoms with Crippen LogP contribution in [-0.2, 0) is 11.2 Å². The maximum atomic E-state index is 6.11. The van der Waals surface area contributed by atoms with Crippen LogP contribution in [0.2, 0.25) is 10.0 Å². The van der Waals surface area contributed by atoms with Gasteiger partial charge in [0.25, 0.3) is 0 Å². The molecule has 0 radical (unpaired) electrons. The van der Waals surface area contributed by atoms with Crippen molar-refractivity contribution in [2.75, 3.05) is 19.8 Å². The van der Waals surface area contributed by atoms with Crippen LogP contribution in [0.25, 0.3) is 0 Å². The number of aryl methyl sites for hydroxylation is 1. The van der Waals surface area contributed by atoms with Crippen molar-refractivity contribution in [3.05, 3.63) is 33.8 Å². The number of benzene rings is 1. The largest absolute Gasteiger partial charge is 0.379 e. The summed E-state index contributed by atoms with van der Waals surface area (Å²) in [5.41, 5.74) is 1.15. The highest BCUT2D eigenvalue weighted by molar-refractivity contribution is 6.35. The van der Waals surface area contributed by atoms with Crippen LogP contribution in [0.4, 0.5) is 0 Å². The second-order valence-corrected chi connectivity index (χ2v) is 4.84. The fourth-order valence-corrected chi connectivity index (χ4v) is 2.36. The van der Waals surface area contributed by atoms with Gasteiger partial charge in [0.1, 0.15) is 0 Å². The van der Waals surface area contributed by atoms with Gasteiger partial charge in [-0.3, -0.25) is 0 Å². The first kappa shape index (κ1) is 12.2. The Labute approximate surface area is 106 Å². The van der Waals surface area contributed by atoms with Crippen LogP contribution in [0.15, 0.2) is 18.2 Å². The lowest BCUT2D eigenvalue weighted by Gasteiger charge is -2.23. The fourth-order valence-electron chi connectivity index (χ4n) is 1.86. The normalized spacial score (nSPS) is 21.0. The second-order valence-electron chi connectivity index (χ2n) is 4.00. The molecule has 1 atom stereocenters. The molecule has 88 valence electrons. The molecule has 0 saturated carbocycles. The van der Waals surface area contributed by atoms with Gasteiger partial charge >= 0.3 is 0 Å². The van der Waals surface area contributed by atoms with Gasteiger partial charge in [-0.15, -0.1) is 0 Å². The predicted octanol–water partition coefficient (Wildman–Crippen LogP) is 2.91. The van der Waals surface area contributed by atoms with Crippen molar-refractivity contribution >= 4 is 23.2 Å². The second kappa shape index (κ2) is 5.87. The van der Waals surface area contributed by atoms with Crippen molar-refractivity contribution in [2.45, 2.75) is 18.9 Å². The fraction of sp³-hybridized carbons (Fsp3) is 0.500. The monoisotopic (exact) mass is 259 g/mol. The molecule has 0 aromatic heterocycles. The zero-order chi connectivity index (χ0) is 11.4. The number of halogens is 2. The number of morpholine rings is 1. The van der Waals surface area contributed by atoms with Gasteiger partial charge in [-0.2, -0.15) is 0 Å². The van der Waals surface area contributed by atoms with E-state index in [0.717, 1.165) is 43.2 Å². The number of hydrogen-bond donors (Lipinski definition) is 1. The molecular formula is C12H15Cl2NO. The molecule has 1 fully saturated rings. The highest BCUT2D eigenvalue weighted by Gasteiger charge is 2.13. The summed E-state index contributed by atoms with van der Waals surface area (Å²) in [6, 6.07) is 6.12. The summed E-state index contributed by atoms with van der Waals surface area (Å²) in [7, 11) is 0. The van der Waals surface area contributed by atoms with Crippen LogP contribution in [0, 0.1) is 0 Å². The molecule has 1 aromatic rings. The summed E-state index contributed by atoms with van der Waals surface area (Å²) in [5.74, 6) is 0. The Morgan fingerprint density at radius 2 is 2.25 bits per heavy atom. The first-order chi connectivity index (χ1) is 7.75. The summed E-state index contributed by atoms with van der Waals surface area (Å²) in [4.78, 5) is 0. The molecule has 1 unspecified atom stereocenters. The molecule has 1 heterocycles. The van der Waals surface area contributed by atoms with Crippen molar-refractivity contribution in [1.29, 1.82) is 0 Å². The van der Waals surface area contributed by atoms with E-state index in [9.17, 15) is 0 Å². The molecule has 4 heteroatoms. The average Bonchev–Trinajstić information content (AvgIpc) is 2.29. The van der Waals surface area contributed by atoms with Crippen LogP contribution in [0.5, 0.6) is 0 Å². The summed E-state index contributed by atoms with van der Waals surface area (Å²) >= 11 is 12.0. The van der Waals surface area contributed by atoms with Gasteiger partial charge in [0.05, 0.1) is 13.2 Å². The van der Waals surface area contributed by atoms with E-state index in [0.29, 0.717) is 11.1 Å².